The lowest BCUT2D eigenvalue weighted by molar-refractivity contribution is -0.114. The molecule has 1 aromatic carbocycles. The van der Waals surface area contributed by atoms with Gasteiger partial charge in [0.15, 0.2) is 0 Å². The monoisotopic (exact) mass is 303 g/mol. The highest BCUT2D eigenvalue weighted by atomic mass is 32.1. The van der Waals surface area contributed by atoms with E-state index in [0.29, 0.717) is 0 Å². The molecule has 0 bridgehead atoms. The predicted octanol–water partition coefficient (Wildman–Crippen LogP) is 3.90. The van der Waals surface area contributed by atoms with E-state index in [1.165, 1.54) is 6.92 Å². The summed E-state index contributed by atoms with van der Waals surface area (Å²) in [6.07, 6.45) is 2.83. The first-order chi connectivity index (χ1) is 10.1. The standard InChI is InChI=1S/C16H21N3OS/c1-4-15(16-17-8-9-21-16)18-11(2)13-6-5-7-14(10-13)19-12(3)20/h5-11,15,18H,4H2,1-3H3,(H,19,20). The Hall–Kier alpha value is -1.72. The van der Waals surface area contributed by atoms with Crippen molar-refractivity contribution in [3.8, 4) is 0 Å². The van der Waals surface area contributed by atoms with Gasteiger partial charge in [0.2, 0.25) is 5.91 Å². The van der Waals surface area contributed by atoms with Crippen molar-refractivity contribution in [3.63, 3.8) is 0 Å². The summed E-state index contributed by atoms with van der Waals surface area (Å²) in [5.74, 6) is -0.0537. The Balaban J connectivity index is 2.08. The predicted molar refractivity (Wildman–Crippen MR) is 87.4 cm³/mol. The highest BCUT2D eigenvalue weighted by molar-refractivity contribution is 7.09. The summed E-state index contributed by atoms with van der Waals surface area (Å²) in [4.78, 5) is 15.5. The van der Waals surface area contributed by atoms with E-state index in [9.17, 15) is 4.79 Å². The van der Waals surface area contributed by atoms with Gasteiger partial charge < -0.3 is 10.6 Å². The molecule has 1 aromatic heterocycles. The Morgan fingerprint density at radius 3 is 2.86 bits per heavy atom. The first-order valence-corrected chi connectivity index (χ1v) is 8.01. The molecule has 112 valence electrons. The number of rotatable bonds is 6. The minimum atomic E-state index is -0.0537. The van der Waals surface area contributed by atoms with Crippen molar-refractivity contribution >= 4 is 22.9 Å². The third kappa shape index (κ3) is 4.37. The number of aromatic nitrogens is 1. The van der Waals surface area contributed by atoms with E-state index < -0.39 is 0 Å². The fraction of sp³-hybridized carbons (Fsp3) is 0.375. The number of nitrogens with zero attached hydrogens (tertiary/aromatic N) is 1. The number of carbonyl (C=O) groups excluding carboxylic acids is 1. The van der Waals surface area contributed by atoms with Gasteiger partial charge >= 0.3 is 0 Å². The summed E-state index contributed by atoms with van der Waals surface area (Å²) in [7, 11) is 0. The van der Waals surface area contributed by atoms with Crippen LogP contribution in [0, 0.1) is 0 Å². The number of carbonyl (C=O) groups is 1. The third-order valence-corrected chi connectivity index (χ3v) is 4.21. The molecule has 0 saturated heterocycles. The summed E-state index contributed by atoms with van der Waals surface area (Å²) in [6.45, 7) is 5.80. The molecule has 0 saturated carbocycles. The fourth-order valence-electron chi connectivity index (χ4n) is 2.26. The molecule has 0 spiro atoms. The molecule has 2 N–H and O–H groups in total. The van der Waals surface area contributed by atoms with Crippen molar-refractivity contribution in [1.29, 1.82) is 0 Å². The van der Waals surface area contributed by atoms with Crippen LogP contribution in [-0.4, -0.2) is 10.9 Å². The largest absolute Gasteiger partial charge is 0.326 e. The fourth-order valence-corrected chi connectivity index (χ4v) is 3.04. The molecule has 2 atom stereocenters. The molecule has 0 aliphatic heterocycles. The molecule has 0 aliphatic carbocycles. The Labute approximate surface area is 129 Å². The molecular weight excluding hydrogens is 282 g/mol. The van der Waals surface area contributed by atoms with Gasteiger partial charge in [-0.1, -0.05) is 19.1 Å². The lowest BCUT2D eigenvalue weighted by Crippen LogP contribution is -2.24. The van der Waals surface area contributed by atoms with Gasteiger partial charge in [0.25, 0.3) is 0 Å². The number of hydrogen-bond donors (Lipinski definition) is 2. The number of nitrogens with one attached hydrogen (secondary N) is 2. The molecule has 2 rings (SSSR count). The highest BCUT2D eigenvalue weighted by Gasteiger charge is 2.16. The summed E-state index contributed by atoms with van der Waals surface area (Å²) in [5, 5.41) is 9.53. The van der Waals surface area contributed by atoms with Crippen LogP contribution in [0.4, 0.5) is 5.69 Å². The summed E-state index contributed by atoms with van der Waals surface area (Å²) in [5.41, 5.74) is 1.98. The number of thiazole rings is 1. The van der Waals surface area contributed by atoms with Gasteiger partial charge in [-0.3, -0.25) is 4.79 Å². The lowest BCUT2D eigenvalue weighted by atomic mass is 10.1. The molecule has 1 amide bonds. The quantitative estimate of drug-likeness (QED) is 0.851. The molecule has 0 fully saturated rings. The molecular formula is C16H21N3OS. The molecule has 0 aliphatic rings. The Bertz CT molecular complexity index is 583. The summed E-state index contributed by atoms with van der Waals surface area (Å²) < 4.78 is 0. The van der Waals surface area contributed by atoms with Crippen LogP contribution >= 0.6 is 11.3 Å². The second kappa shape index (κ2) is 7.33. The molecule has 21 heavy (non-hydrogen) atoms. The average Bonchev–Trinajstić information content (AvgIpc) is 2.98. The van der Waals surface area contributed by atoms with E-state index in [1.807, 2.05) is 29.8 Å². The number of anilines is 1. The number of hydrogen-bond acceptors (Lipinski definition) is 4. The summed E-state index contributed by atoms with van der Waals surface area (Å²) >= 11 is 1.67. The molecule has 0 radical (unpaired) electrons. The van der Waals surface area contributed by atoms with E-state index in [2.05, 4.69) is 35.5 Å². The van der Waals surface area contributed by atoms with Crippen LogP contribution in [0.15, 0.2) is 35.8 Å². The van der Waals surface area contributed by atoms with Crippen molar-refractivity contribution in [2.24, 2.45) is 0 Å². The van der Waals surface area contributed by atoms with Crippen molar-refractivity contribution in [3.05, 3.63) is 46.4 Å². The van der Waals surface area contributed by atoms with Gasteiger partial charge in [0, 0.05) is 30.2 Å². The molecule has 4 nitrogen and oxygen atoms in total. The van der Waals surface area contributed by atoms with E-state index in [1.54, 1.807) is 11.3 Å². The van der Waals surface area contributed by atoms with Crippen LogP contribution in [0.3, 0.4) is 0 Å². The van der Waals surface area contributed by atoms with Gasteiger partial charge in [-0.15, -0.1) is 11.3 Å². The lowest BCUT2D eigenvalue weighted by Gasteiger charge is -2.21. The van der Waals surface area contributed by atoms with E-state index in [4.69, 9.17) is 0 Å². The topological polar surface area (TPSA) is 54.0 Å². The SMILES string of the molecule is CCC(NC(C)c1cccc(NC(C)=O)c1)c1nccs1. The average molecular weight is 303 g/mol. The zero-order chi connectivity index (χ0) is 15.2. The number of benzene rings is 1. The van der Waals surface area contributed by atoms with Crippen molar-refractivity contribution < 1.29 is 4.79 Å². The third-order valence-electron chi connectivity index (χ3n) is 3.32. The van der Waals surface area contributed by atoms with Crippen LogP contribution < -0.4 is 10.6 Å². The molecule has 5 heteroatoms. The van der Waals surface area contributed by atoms with Crippen LogP contribution in [-0.2, 0) is 4.79 Å². The summed E-state index contributed by atoms with van der Waals surface area (Å²) in [6, 6.07) is 8.38. The van der Waals surface area contributed by atoms with Crippen molar-refractivity contribution in [2.75, 3.05) is 5.32 Å². The van der Waals surface area contributed by atoms with Crippen LogP contribution in [0.1, 0.15) is 49.8 Å². The van der Waals surface area contributed by atoms with Crippen LogP contribution in [0.2, 0.25) is 0 Å². The molecule has 1 heterocycles. The minimum Gasteiger partial charge on any atom is -0.326 e. The zero-order valence-corrected chi connectivity index (χ0v) is 13.4. The first kappa shape index (κ1) is 15.7. The highest BCUT2D eigenvalue weighted by Crippen LogP contribution is 2.24. The van der Waals surface area contributed by atoms with Crippen LogP contribution in [0.5, 0.6) is 0 Å². The Morgan fingerprint density at radius 1 is 1.43 bits per heavy atom. The molecule has 2 unspecified atom stereocenters. The van der Waals surface area contributed by atoms with E-state index in [0.717, 1.165) is 22.7 Å². The smallest absolute Gasteiger partial charge is 0.221 e. The van der Waals surface area contributed by atoms with Crippen molar-refractivity contribution in [2.45, 2.75) is 39.3 Å². The maximum Gasteiger partial charge on any atom is 0.221 e. The molecule has 2 aromatic rings. The zero-order valence-electron chi connectivity index (χ0n) is 12.6. The van der Waals surface area contributed by atoms with Gasteiger partial charge in [0.1, 0.15) is 5.01 Å². The Kier molecular flexibility index (Phi) is 5.47. The normalized spacial score (nSPS) is 13.7. The van der Waals surface area contributed by atoms with Gasteiger partial charge in [-0.25, -0.2) is 4.98 Å². The Morgan fingerprint density at radius 2 is 2.24 bits per heavy atom. The maximum atomic E-state index is 11.1. The van der Waals surface area contributed by atoms with Gasteiger partial charge in [-0.2, -0.15) is 0 Å². The van der Waals surface area contributed by atoms with Gasteiger partial charge in [0.05, 0.1) is 6.04 Å². The second-order valence-electron chi connectivity index (χ2n) is 5.03. The van der Waals surface area contributed by atoms with E-state index in [-0.39, 0.29) is 18.0 Å². The van der Waals surface area contributed by atoms with Crippen molar-refractivity contribution in [1.82, 2.24) is 10.3 Å². The first-order valence-electron chi connectivity index (χ1n) is 7.13. The second-order valence-corrected chi connectivity index (χ2v) is 5.95. The minimum absolute atomic E-state index is 0.0537. The maximum absolute atomic E-state index is 11.1. The number of amides is 1. The van der Waals surface area contributed by atoms with Gasteiger partial charge in [-0.05, 0) is 31.0 Å². The van der Waals surface area contributed by atoms with Crippen LogP contribution in [0.25, 0.3) is 0 Å². The van der Waals surface area contributed by atoms with E-state index >= 15 is 0 Å².